The Morgan fingerprint density at radius 2 is 1.83 bits per heavy atom. The molecule has 0 atom stereocenters. The van der Waals surface area contributed by atoms with Gasteiger partial charge in [0, 0.05) is 11.7 Å². The standard InChI is InChI=1S/C18H23N5O/c1-10-21-17(24-23-10)14-5-15(19)16(20-9-14)22-18-6-11-2-12(7-18)4-13(3-11)8-18/h5,9,11-13H,2-4,6-8,19H2,1H3,(H,20,22). The van der Waals surface area contributed by atoms with E-state index in [9.17, 15) is 0 Å². The number of hydrogen-bond acceptors (Lipinski definition) is 6. The van der Waals surface area contributed by atoms with Crippen LogP contribution in [-0.2, 0) is 0 Å². The highest BCUT2D eigenvalue weighted by molar-refractivity contribution is 5.69. The Morgan fingerprint density at radius 3 is 2.38 bits per heavy atom. The summed E-state index contributed by atoms with van der Waals surface area (Å²) in [6, 6.07) is 1.88. The van der Waals surface area contributed by atoms with Crippen molar-refractivity contribution in [2.75, 3.05) is 11.1 Å². The van der Waals surface area contributed by atoms with Crippen LogP contribution in [-0.4, -0.2) is 20.7 Å². The summed E-state index contributed by atoms with van der Waals surface area (Å²) in [4.78, 5) is 8.81. The van der Waals surface area contributed by atoms with Crippen molar-refractivity contribution in [3.63, 3.8) is 0 Å². The molecule has 4 saturated carbocycles. The molecule has 126 valence electrons. The Morgan fingerprint density at radius 1 is 1.17 bits per heavy atom. The number of aryl methyl sites for hydroxylation is 1. The molecule has 4 aliphatic rings. The fourth-order valence-electron chi connectivity index (χ4n) is 5.63. The minimum absolute atomic E-state index is 0.207. The van der Waals surface area contributed by atoms with Crippen LogP contribution in [0.15, 0.2) is 16.8 Å². The second kappa shape index (κ2) is 4.94. The second-order valence-electron chi connectivity index (χ2n) is 8.13. The quantitative estimate of drug-likeness (QED) is 0.899. The van der Waals surface area contributed by atoms with E-state index in [0.29, 0.717) is 17.4 Å². The second-order valence-corrected chi connectivity index (χ2v) is 8.13. The van der Waals surface area contributed by atoms with E-state index in [-0.39, 0.29) is 5.54 Å². The number of rotatable bonds is 3. The van der Waals surface area contributed by atoms with E-state index in [0.717, 1.165) is 29.1 Å². The van der Waals surface area contributed by atoms with Crippen molar-refractivity contribution in [2.45, 2.75) is 51.0 Å². The van der Waals surface area contributed by atoms with E-state index in [1.165, 1.54) is 38.5 Å². The zero-order valence-electron chi connectivity index (χ0n) is 14.0. The van der Waals surface area contributed by atoms with Crippen molar-refractivity contribution >= 4 is 11.5 Å². The highest BCUT2D eigenvalue weighted by Crippen LogP contribution is 2.56. The smallest absolute Gasteiger partial charge is 0.259 e. The predicted molar refractivity (Wildman–Crippen MR) is 91.2 cm³/mol. The van der Waals surface area contributed by atoms with Crippen LogP contribution < -0.4 is 11.1 Å². The molecule has 4 fully saturated rings. The van der Waals surface area contributed by atoms with Gasteiger partial charge in [0.25, 0.3) is 5.89 Å². The molecule has 2 aromatic rings. The van der Waals surface area contributed by atoms with Gasteiger partial charge in [-0.3, -0.25) is 0 Å². The van der Waals surface area contributed by atoms with Crippen LogP contribution in [0.25, 0.3) is 11.5 Å². The fraction of sp³-hybridized carbons (Fsp3) is 0.611. The topological polar surface area (TPSA) is 89.9 Å². The van der Waals surface area contributed by atoms with Gasteiger partial charge in [-0.25, -0.2) is 4.98 Å². The van der Waals surface area contributed by atoms with E-state index < -0.39 is 0 Å². The van der Waals surface area contributed by atoms with Crippen LogP contribution in [0, 0.1) is 24.7 Å². The van der Waals surface area contributed by atoms with Gasteiger partial charge in [0.05, 0.1) is 11.3 Å². The van der Waals surface area contributed by atoms with Gasteiger partial charge in [0.2, 0.25) is 0 Å². The van der Waals surface area contributed by atoms with Gasteiger partial charge in [0.1, 0.15) is 5.82 Å². The van der Waals surface area contributed by atoms with Crippen LogP contribution in [0.3, 0.4) is 0 Å². The monoisotopic (exact) mass is 325 g/mol. The number of nitrogens with one attached hydrogen (secondary N) is 1. The normalized spacial score (nSPS) is 33.8. The molecule has 6 nitrogen and oxygen atoms in total. The van der Waals surface area contributed by atoms with E-state index in [2.05, 4.69) is 20.4 Å². The van der Waals surface area contributed by atoms with E-state index in [4.69, 9.17) is 10.3 Å². The molecule has 4 aliphatic carbocycles. The summed E-state index contributed by atoms with van der Waals surface area (Å²) in [6.07, 6.45) is 9.87. The number of nitrogens with two attached hydrogens (primary N) is 1. The van der Waals surface area contributed by atoms with Gasteiger partial charge < -0.3 is 15.6 Å². The summed E-state index contributed by atoms with van der Waals surface area (Å²) in [5, 5.41) is 7.56. The van der Waals surface area contributed by atoms with Gasteiger partial charge in [-0.15, -0.1) is 0 Å². The summed E-state index contributed by atoms with van der Waals surface area (Å²) < 4.78 is 5.20. The molecule has 0 aliphatic heterocycles. The minimum atomic E-state index is 0.207. The molecule has 4 bridgehead atoms. The number of aromatic nitrogens is 3. The average molecular weight is 325 g/mol. The van der Waals surface area contributed by atoms with Crippen molar-refractivity contribution in [3.8, 4) is 11.5 Å². The maximum Gasteiger partial charge on any atom is 0.259 e. The lowest BCUT2D eigenvalue weighted by Gasteiger charge is -2.57. The maximum absolute atomic E-state index is 6.28. The molecule has 2 heterocycles. The molecular formula is C18H23N5O. The first-order chi connectivity index (χ1) is 11.6. The Bertz CT molecular complexity index is 748. The lowest BCUT2D eigenvalue weighted by molar-refractivity contribution is 0.0106. The molecule has 0 unspecified atom stereocenters. The highest BCUT2D eigenvalue weighted by atomic mass is 16.5. The van der Waals surface area contributed by atoms with Gasteiger partial charge >= 0.3 is 0 Å². The third-order valence-corrected chi connectivity index (χ3v) is 6.11. The molecule has 2 aromatic heterocycles. The molecule has 3 N–H and O–H groups in total. The Balaban J connectivity index is 1.41. The van der Waals surface area contributed by atoms with E-state index in [1.807, 2.05) is 6.07 Å². The summed E-state index contributed by atoms with van der Waals surface area (Å²) in [5.74, 6) is 4.56. The maximum atomic E-state index is 6.28. The lowest BCUT2D eigenvalue weighted by atomic mass is 9.53. The van der Waals surface area contributed by atoms with Crippen molar-refractivity contribution in [3.05, 3.63) is 18.1 Å². The first-order valence-electron chi connectivity index (χ1n) is 8.93. The Kier molecular flexibility index (Phi) is 2.94. The van der Waals surface area contributed by atoms with Crippen LogP contribution in [0.4, 0.5) is 11.5 Å². The molecule has 0 saturated heterocycles. The molecule has 6 rings (SSSR count). The van der Waals surface area contributed by atoms with E-state index in [1.54, 1.807) is 13.1 Å². The molecule has 0 amide bonds. The van der Waals surface area contributed by atoms with Crippen molar-refractivity contribution in [1.82, 2.24) is 15.1 Å². The van der Waals surface area contributed by atoms with Gasteiger partial charge in [-0.2, -0.15) is 4.98 Å². The Labute approximate surface area is 141 Å². The zero-order valence-corrected chi connectivity index (χ0v) is 14.0. The van der Waals surface area contributed by atoms with Crippen molar-refractivity contribution < 1.29 is 4.52 Å². The molecule has 0 spiro atoms. The number of nitrogens with zero attached hydrogens (tertiary/aromatic N) is 3. The third-order valence-electron chi connectivity index (χ3n) is 6.11. The summed E-state index contributed by atoms with van der Waals surface area (Å²) in [5.41, 5.74) is 7.91. The molecule has 0 aromatic carbocycles. The lowest BCUT2D eigenvalue weighted by Crippen LogP contribution is -2.55. The number of anilines is 2. The largest absolute Gasteiger partial charge is 0.396 e. The first kappa shape index (κ1) is 14.3. The summed E-state index contributed by atoms with van der Waals surface area (Å²) in [7, 11) is 0. The van der Waals surface area contributed by atoms with Crippen LogP contribution >= 0.6 is 0 Å². The fourth-order valence-corrected chi connectivity index (χ4v) is 5.63. The van der Waals surface area contributed by atoms with Crippen molar-refractivity contribution in [1.29, 1.82) is 0 Å². The number of nitrogen functional groups attached to an aromatic ring is 1. The van der Waals surface area contributed by atoms with Gasteiger partial charge in [0.15, 0.2) is 5.82 Å². The summed E-state index contributed by atoms with van der Waals surface area (Å²) >= 11 is 0. The highest BCUT2D eigenvalue weighted by Gasteiger charge is 2.51. The van der Waals surface area contributed by atoms with Crippen LogP contribution in [0.2, 0.25) is 0 Å². The van der Waals surface area contributed by atoms with Crippen LogP contribution in [0.1, 0.15) is 44.3 Å². The zero-order chi connectivity index (χ0) is 16.3. The summed E-state index contributed by atoms with van der Waals surface area (Å²) in [6.45, 7) is 1.80. The third kappa shape index (κ3) is 2.27. The molecular weight excluding hydrogens is 302 g/mol. The molecule has 24 heavy (non-hydrogen) atoms. The number of pyridine rings is 1. The average Bonchev–Trinajstić information content (AvgIpc) is 2.94. The van der Waals surface area contributed by atoms with Gasteiger partial charge in [-0.05, 0) is 69.3 Å². The van der Waals surface area contributed by atoms with Gasteiger partial charge in [-0.1, -0.05) is 5.16 Å². The van der Waals surface area contributed by atoms with Crippen LogP contribution in [0.5, 0.6) is 0 Å². The minimum Gasteiger partial charge on any atom is -0.396 e. The SMILES string of the molecule is Cc1noc(-c2cnc(NC34CC5CC(CC(C5)C3)C4)c(N)c2)n1. The first-order valence-corrected chi connectivity index (χ1v) is 8.93. The van der Waals surface area contributed by atoms with Crippen molar-refractivity contribution in [2.24, 2.45) is 17.8 Å². The molecule has 0 radical (unpaired) electrons. The van der Waals surface area contributed by atoms with E-state index >= 15 is 0 Å². The predicted octanol–water partition coefficient (Wildman–Crippen LogP) is 3.40. The molecule has 6 heteroatoms. The number of hydrogen-bond donors (Lipinski definition) is 2. The Hall–Kier alpha value is -2.11.